The average molecular weight is 454 g/mol. The van der Waals surface area contributed by atoms with Crippen LogP contribution in [0, 0.1) is 11.3 Å². The van der Waals surface area contributed by atoms with Crippen molar-refractivity contribution in [1.29, 1.82) is 5.26 Å². The normalized spacial score (nSPS) is 11.6. The van der Waals surface area contributed by atoms with Crippen molar-refractivity contribution < 1.29 is 17.9 Å². The van der Waals surface area contributed by atoms with E-state index < -0.39 is 9.84 Å². The maximum atomic E-state index is 12.9. The van der Waals surface area contributed by atoms with E-state index in [1.807, 2.05) is 47.0 Å². The number of hydrogen-bond acceptors (Lipinski definition) is 6. The SMILES string of the molecule is CN(CCCOc1cccc(S(C)(=O)=O)c1)CC(=O)c1cn(CCC#N)c2ccccc12. The minimum atomic E-state index is -3.27. The van der Waals surface area contributed by atoms with Crippen LogP contribution in [0.2, 0.25) is 0 Å². The number of sulfone groups is 1. The van der Waals surface area contributed by atoms with E-state index in [1.54, 1.807) is 18.2 Å². The van der Waals surface area contributed by atoms with Gasteiger partial charge in [0.25, 0.3) is 0 Å². The minimum Gasteiger partial charge on any atom is -0.494 e. The number of ketones is 1. The van der Waals surface area contributed by atoms with Gasteiger partial charge in [0, 0.05) is 42.0 Å². The van der Waals surface area contributed by atoms with Crippen molar-refractivity contribution in [2.24, 2.45) is 0 Å². The topological polar surface area (TPSA) is 92.4 Å². The summed E-state index contributed by atoms with van der Waals surface area (Å²) in [6.45, 7) is 1.90. The van der Waals surface area contributed by atoms with Gasteiger partial charge in [-0.15, -0.1) is 0 Å². The van der Waals surface area contributed by atoms with Crippen molar-refractivity contribution in [3.63, 3.8) is 0 Å². The zero-order valence-electron chi connectivity index (χ0n) is 18.3. The summed E-state index contributed by atoms with van der Waals surface area (Å²) in [7, 11) is -1.39. The van der Waals surface area contributed by atoms with Crippen LogP contribution in [0.25, 0.3) is 10.9 Å². The third-order valence-electron chi connectivity index (χ3n) is 5.15. The first kappa shape index (κ1) is 23.5. The first-order valence-corrected chi connectivity index (χ1v) is 12.3. The van der Waals surface area contributed by atoms with Crippen LogP contribution in [-0.2, 0) is 16.4 Å². The van der Waals surface area contributed by atoms with Crippen LogP contribution >= 0.6 is 0 Å². The van der Waals surface area contributed by atoms with Gasteiger partial charge in [0.15, 0.2) is 15.6 Å². The second-order valence-corrected chi connectivity index (χ2v) is 9.79. The maximum Gasteiger partial charge on any atom is 0.178 e. The van der Waals surface area contributed by atoms with Gasteiger partial charge in [0.05, 0.1) is 30.5 Å². The highest BCUT2D eigenvalue weighted by molar-refractivity contribution is 7.90. The van der Waals surface area contributed by atoms with Crippen molar-refractivity contribution in [3.8, 4) is 11.8 Å². The van der Waals surface area contributed by atoms with E-state index in [-0.39, 0.29) is 17.2 Å². The predicted octanol–water partition coefficient (Wildman–Crippen LogP) is 3.54. The molecular weight excluding hydrogens is 426 g/mol. The number of para-hydroxylation sites is 1. The van der Waals surface area contributed by atoms with E-state index in [0.717, 1.165) is 10.9 Å². The Morgan fingerprint density at radius 1 is 1.19 bits per heavy atom. The Balaban J connectivity index is 1.54. The third kappa shape index (κ3) is 5.96. The van der Waals surface area contributed by atoms with Gasteiger partial charge in [-0.3, -0.25) is 9.69 Å². The largest absolute Gasteiger partial charge is 0.494 e. The van der Waals surface area contributed by atoms with Gasteiger partial charge in [0.1, 0.15) is 5.75 Å². The van der Waals surface area contributed by atoms with Crippen LogP contribution in [0.4, 0.5) is 0 Å². The molecule has 2 aromatic carbocycles. The molecule has 0 bridgehead atoms. The Labute approximate surface area is 188 Å². The van der Waals surface area contributed by atoms with Crippen molar-refractivity contribution >= 4 is 26.5 Å². The van der Waals surface area contributed by atoms with Crippen LogP contribution in [0.3, 0.4) is 0 Å². The van der Waals surface area contributed by atoms with Crippen molar-refractivity contribution in [3.05, 3.63) is 60.3 Å². The molecule has 3 rings (SSSR count). The number of carbonyl (C=O) groups is 1. The second kappa shape index (κ2) is 10.4. The van der Waals surface area contributed by atoms with Crippen LogP contribution in [0.5, 0.6) is 5.75 Å². The Hall–Kier alpha value is -3.15. The zero-order chi connectivity index (χ0) is 23.1. The molecule has 0 atom stereocenters. The van der Waals surface area contributed by atoms with E-state index in [2.05, 4.69) is 6.07 Å². The highest BCUT2D eigenvalue weighted by Crippen LogP contribution is 2.22. The molecule has 0 aliphatic carbocycles. The molecule has 1 heterocycles. The molecule has 0 saturated heterocycles. The molecule has 3 aromatic rings. The summed E-state index contributed by atoms with van der Waals surface area (Å²) in [5, 5.41) is 9.79. The molecule has 0 fully saturated rings. The van der Waals surface area contributed by atoms with Gasteiger partial charge >= 0.3 is 0 Å². The molecule has 0 saturated carbocycles. The number of Topliss-reactive ketones (excluding diaryl/α,β-unsaturated/α-hetero) is 1. The van der Waals surface area contributed by atoms with Gasteiger partial charge in [-0.25, -0.2) is 8.42 Å². The summed E-state index contributed by atoms with van der Waals surface area (Å²) in [5.41, 5.74) is 1.62. The fourth-order valence-electron chi connectivity index (χ4n) is 3.55. The predicted molar refractivity (Wildman–Crippen MR) is 124 cm³/mol. The number of aromatic nitrogens is 1. The van der Waals surface area contributed by atoms with Crippen LogP contribution in [-0.4, -0.2) is 56.7 Å². The molecule has 0 amide bonds. The molecule has 32 heavy (non-hydrogen) atoms. The van der Waals surface area contributed by atoms with E-state index in [4.69, 9.17) is 10.00 Å². The van der Waals surface area contributed by atoms with Gasteiger partial charge in [-0.2, -0.15) is 5.26 Å². The lowest BCUT2D eigenvalue weighted by molar-refractivity contribution is 0.0944. The van der Waals surface area contributed by atoms with E-state index >= 15 is 0 Å². The van der Waals surface area contributed by atoms with Crippen LogP contribution < -0.4 is 4.74 Å². The average Bonchev–Trinajstić information content (AvgIpc) is 3.14. The number of ether oxygens (including phenoxy) is 1. The Morgan fingerprint density at radius 2 is 1.97 bits per heavy atom. The number of benzene rings is 2. The quantitative estimate of drug-likeness (QED) is 0.326. The molecule has 7 nitrogen and oxygen atoms in total. The summed E-state index contributed by atoms with van der Waals surface area (Å²) in [5.74, 6) is 0.540. The number of nitriles is 1. The molecule has 0 aliphatic rings. The van der Waals surface area contributed by atoms with Crippen LogP contribution in [0.15, 0.2) is 59.6 Å². The molecule has 8 heteroatoms. The molecule has 168 valence electrons. The van der Waals surface area contributed by atoms with Gasteiger partial charge in [-0.1, -0.05) is 24.3 Å². The highest BCUT2D eigenvalue weighted by Gasteiger charge is 2.16. The molecular formula is C24H27N3O4S. The summed E-state index contributed by atoms with van der Waals surface area (Å²) >= 11 is 0. The maximum absolute atomic E-state index is 12.9. The monoisotopic (exact) mass is 453 g/mol. The summed E-state index contributed by atoms with van der Waals surface area (Å²) < 4.78 is 30.9. The van der Waals surface area contributed by atoms with Crippen molar-refractivity contribution in [1.82, 2.24) is 9.47 Å². The number of carbonyl (C=O) groups excluding carboxylic acids is 1. The van der Waals surface area contributed by atoms with E-state index in [9.17, 15) is 13.2 Å². The highest BCUT2D eigenvalue weighted by atomic mass is 32.2. The molecule has 1 aromatic heterocycles. The lowest BCUT2D eigenvalue weighted by atomic mass is 10.1. The Bertz CT molecular complexity index is 1240. The number of fused-ring (bicyclic) bond motifs is 1. The fourth-order valence-corrected chi connectivity index (χ4v) is 4.21. The zero-order valence-corrected chi connectivity index (χ0v) is 19.1. The third-order valence-corrected chi connectivity index (χ3v) is 6.26. The number of hydrogen-bond donors (Lipinski definition) is 0. The first-order valence-electron chi connectivity index (χ1n) is 10.4. The number of aryl methyl sites for hydroxylation is 1. The Morgan fingerprint density at radius 3 is 2.72 bits per heavy atom. The molecule has 0 unspecified atom stereocenters. The molecule has 0 N–H and O–H groups in total. The summed E-state index contributed by atoms with van der Waals surface area (Å²) in [6, 6.07) is 16.3. The smallest absolute Gasteiger partial charge is 0.178 e. The van der Waals surface area contributed by atoms with Gasteiger partial charge in [-0.05, 0) is 37.7 Å². The summed E-state index contributed by atoms with van der Waals surface area (Å²) in [6.07, 6.45) is 4.09. The number of rotatable bonds is 11. The molecule has 0 radical (unpaired) electrons. The van der Waals surface area contributed by atoms with Gasteiger partial charge < -0.3 is 9.30 Å². The van der Waals surface area contributed by atoms with Gasteiger partial charge in [0.2, 0.25) is 0 Å². The minimum absolute atomic E-state index is 0.0289. The number of nitrogens with zero attached hydrogens (tertiary/aromatic N) is 3. The van der Waals surface area contributed by atoms with Crippen LogP contribution in [0.1, 0.15) is 23.2 Å². The van der Waals surface area contributed by atoms with E-state index in [0.29, 0.717) is 43.9 Å². The first-order chi connectivity index (χ1) is 15.3. The Kier molecular flexibility index (Phi) is 7.67. The molecule has 0 spiro atoms. The van der Waals surface area contributed by atoms with Crippen molar-refractivity contribution in [2.45, 2.75) is 24.3 Å². The lowest BCUT2D eigenvalue weighted by Gasteiger charge is -2.16. The lowest BCUT2D eigenvalue weighted by Crippen LogP contribution is -2.27. The fraction of sp³-hybridized carbons (Fsp3) is 0.333. The standard InChI is InChI=1S/C24H27N3O4S/c1-26(13-7-15-31-19-8-5-9-20(16-19)32(2,29)30)18-24(28)22-17-27(14-6-12-25)23-11-4-3-10-21(22)23/h3-5,8-11,16-17H,6-7,13-15,18H2,1-2H3. The van der Waals surface area contributed by atoms with Crippen molar-refractivity contribution in [2.75, 3.05) is 33.0 Å². The second-order valence-electron chi connectivity index (χ2n) is 7.77. The van der Waals surface area contributed by atoms with E-state index in [1.165, 1.54) is 12.3 Å². The molecule has 0 aliphatic heterocycles. The number of likely N-dealkylation sites (N-methyl/N-ethyl adjacent to an activating group) is 1. The summed E-state index contributed by atoms with van der Waals surface area (Å²) in [4.78, 5) is 15.1.